The van der Waals surface area contributed by atoms with Gasteiger partial charge >= 0.3 is 0 Å². The number of fused-ring (bicyclic) bond motifs is 1. The fourth-order valence-corrected chi connectivity index (χ4v) is 3.27. The Bertz CT molecular complexity index is 1130. The lowest BCUT2D eigenvalue weighted by molar-refractivity contribution is -0.117. The van der Waals surface area contributed by atoms with Crippen molar-refractivity contribution in [3.63, 3.8) is 0 Å². The van der Waals surface area contributed by atoms with Gasteiger partial charge in [-0.25, -0.2) is 0 Å². The molecule has 1 atom stereocenters. The quantitative estimate of drug-likeness (QED) is 0.402. The zero-order chi connectivity index (χ0) is 20.4. The largest absolute Gasteiger partial charge is 0.497 e. The van der Waals surface area contributed by atoms with Gasteiger partial charge in [0.15, 0.2) is 0 Å². The smallest absolute Gasteiger partial charge is 0.245 e. The van der Waals surface area contributed by atoms with Crippen LogP contribution in [0.2, 0.25) is 0 Å². The number of hydrogen-bond acceptors (Lipinski definition) is 5. The SMILES string of the molecule is COc1cc(OC)cc(C(N)C(=O)Nc2cccc3c(-c4cn[nH]c4)c[nH]c23)c1. The molecule has 0 fully saturated rings. The van der Waals surface area contributed by atoms with E-state index < -0.39 is 6.04 Å². The number of amides is 1. The number of para-hydroxylation sites is 1. The molecule has 2 aromatic carbocycles. The Morgan fingerprint density at radius 1 is 1.14 bits per heavy atom. The maximum atomic E-state index is 12.8. The van der Waals surface area contributed by atoms with Gasteiger partial charge in [-0.15, -0.1) is 0 Å². The molecule has 0 spiro atoms. The highest BCUT2D eigenvalue weighted by atomic mass is 16.5. The van der Waals surface area contributed by atoms with Crippen molar-refractivity contribution in [3.05, 3.63) is 60.6 Å². The van der Waals surface area contributed by atoms with E-state index in [9.17, 15) is 4.79 Å². The van der Waals surface area contributed by atoms with Crippen LogP contribution in [0.4, 0.5) is 5.69 Å². The number of aromatic nitrogens is 3. The summed E-state index contributed by atoms with van der Waals surface area (Å²) in [7, 11) is 3.10. The Balaban J connectivity index is 1.62. The van der Waals surface area contributed by atoms with Crippen LogP contribution in [0.5, 0.6) is 11.5 Å². The molecule has 2 aromatic heterocycles. The maximum absolute atomic E-state index is 12.8. The molecule has 29 heavy (non-hydrogen) atoms. The minimum Gasteiger partial charge on any atom is -0.497 e. The van der Waals surface area contributed by atoms with Crippen molar-refractivity contribution in [1.29, 1.82) is 0 Å². The monoisotopic (exact) mass is 391 g/mol. The highest BCUT2D eigenvalue weighted by Crippen LogP contribution is 2.32. The van der Waals surface area contributed by atoms with Crippen molar-refractivity contribution in [3.8, 4) is 22.6 Å². The van der Waals surface area contributed by atoms with Gasteiger partial charge in [-0.05, 0) is 23.8 Å². The number of hydrogen-bond donors (Lipinski definition) is 4. The molecular weight excluding hydrogens is 370 g/mol. The zero-order valence-corrected chi connectivity index (χ0v) is 16.0. The third kappa shape index (κ3) is 3.53. The summed E-state index contributed by atoms with van der Waals surface area (Å²) in [6.07, 6.45) is 5.46. The van der Waals surface area contributed by atoms with E-state index in [2.05, 4.69) is 20.5 Å². The number of H-pyrrole nitrogens is 2. The molecule has 0 aliphatic carbocycles. The lowest BCUT2D eigenvalue weighted by Crippen LogP contribution is -2.27. The molecule has 4 aromatic rings. The van der Waals surface area contributed by atoms with Crippen molar-refractivity contribution in [1.82, 2.24) is 15.2 Å². The van der Waals surface area contributed by atoms with Crippen LogP contribution in [0.1, 0.15) is 11.6 Å². The van der Waals surface area contributed by atoms with Gasteiger partial charge in [0.25, 0.3) is 0 Å². The highest BCUT2D eigenvalue weighted by Gasteiger charge is 2.19. The summed E-state index contributed by atoms with van der Waals surface area (Å²) in [6, 6.07) is 9.97. The molecule has 1 unspecified atom stereocenters. The summed E-state index contributed by atoms with van der Waals surface area (Å²) in [5.41, 5.74) is 10.2. The number of carbonyl (C=O) groups excluding carboxylic acids is 1. The number of nitrogens with two attached hydrogens (primary N) is 1. The maximum Gasteiger partial charge on any atom is 0.245 e. The van der Waals surface area contributed by atoms with Crippen LogP contribution in [0.3, 0.4) is 0 Å². The van der Waals surface area contributed by atoms with Crippen LogP contribution in [-0.2, 0) is 4.79 Å². The summed E-state index contributed by atoms with van der Waals surface area (Å²) < 4.78 is 10.5. The minimum atomic E-state index is -0.891. The van der Waals surface area contributed by atoms with Crippen LogP contribution in [0.25, 0.3) is 22.0 Å². The first kappa shape index (κ1) is 18.6. The van der Waals surface area contributed by atoms with Gasteiger partial charge in [-0.2, -0.15) is 5.10 Å². The zero-order valence-electron chi connectivity index (χ0n) is 16.0. The molecule has 8 nitrogen and oxygen atoms in total. The predicted octanol–water partition coefficient (Wildman–Crippen LogP) is 3.21. The van der Waals surface area contributed by atoms with Crippen LogP contribution in [0, 0.1) is 0 Å². The van der Waals surface area contributed by atoms with E-state index in [1.807, 2.05) is 30.6 Å². The fourth-order valence-electron chi connectivity index (χ4n) is 3.27. The second kappa shape index (κ2) is 7.69. The molecule has 0 aliphatic rings. The Hall–Kier alpha value is -3.78. The predicted molar refractivity (Wildman–Crippen MR) is 111 cm³/mol. The molecular formula is C21H21N5O3. The lowest BCUT2D eigenvalue weighted by atomic mass is 10.1. The second-order valence-electron chi connectivity index (χ2n) is 6.53. The summed E-state index contributed by atoms with van der Waals surface area (Å²) in [5.74, 6) is 0.796. The van der Waals surface area contributed by atoms with Gasteiger partial charge in [0.05, 0.1) is 31.6 Å². The molecule has 0 aliphatic heterocycles. The Labute approximate surface area is 167 Å². The number of rotatable bonds is 6. The molecule has 0 bridgehead atoms. The molecule has 0 saturated carbocycles. The molecule has 4 rings (SSSR count). The Morgan fingerprint density at radius 2 is 1.90 bits per heavy atom. The molecule has 148 valence electrons. The van der Waals surface area contributed by atoms with E-state index in [1.54, 1.807) is 38.6 Å². The van der Waals surface area contributed by atoms with Crippen LogP contribution in [-0.4, -0.2) is 35.3 Å². The normalized spacial score (nSPS) is 12.0. The van der Waals surface area contributed by atoms with Crippen molar-refractivity contribution in [2.24, 2.45) is 5.73 Å². The molecule has 5 N–H and O–H groups in total. The van der Waals surface area contributed by atoms with E-state index in [-0.39, 0.29) is 5.91 Å². The van der Waals surface area contributed by atoms with E-state index in [4.69, 9.17) is 15.2 Å². The standard InChI is InChI=1S/C21H21N5O3/c1-28-14-6-12(7-15(8-14)29-2)19(22)21(27)26-18-5-3-4-16-17(11-23-20(16)18)13-9-24-25-10-13/h3-11,19,23H,22H2,1-2H3,(H,24,25)(H,26,27). The molecule has 8 heteroatoms. The van der Waals surface area contributed by atoms with Gasteiger partial charge in [-0.3, -0.25) is 9.89 Å². The van der Waals surface area contributed by atoms with Crippen LogP contribution < -0.4 is 20.5 Å². The van der Waals surface area contributed by atoms with Crippen molar-refractivity contribution < 1.29 is 14.3 Å². The second-order valence-corrected chi connectivity index (χ2v) is 6.53. The number of nitrogens with zero attached hydrogens (tertiary/aromatic N) is 1. The minimum absolute atomic E-state index is 0.340. The average Bonchev–Trinajstić information content (AvgIpc) is 3.42. The number of carbonyl (C=O) groups is 1. The molecule has 0 saturated heterocycles. The van der Waals surface area contributed by atoms with E-state index in [0.717, 1.165) is 22.0 Å². The van der Waals surface area contributed by atoms with Crippen LogP contribution in [0.15, 0.2) is 55.0 Å². The van der Waals surface area contributed by atoms with Gasteiger partial charge in [0.2, 0.25) is 5.91 Å². The Morgan fingerprint density at radius 3 is 2.55 bits per heavy atom. The third-order valence-electron chi connectivity index (χ3n) is 4.80. The molecule has 1 amide bonds. The lowest BCUT2D eigenvalue weighted by Gasteiger charge is -2.15. The van der Waals surface area contributed by atoms with Crippen LogP contribution >= 0.6 is 0 Å². The summed E-state index contributed by atoms with van der Waals surface area (Å²) in [4.78, 5) is 16.1. The first-order chi connectivity index (χ1) is 14.1. The van der Waals surface area contributed by atoms with Gasteiger partial charge in [0.1, 0.15) is 17.5 Å². The van der Waals surface area contributed by atoms with Crippen molar-refractivity contribution in [2.75, 3.05) is 19.5 Å². The van der Waals surface area contributed by atoms with Crippen molar-refractivity contribution >= 4 is 22.5 Å². The third-order valence-corrected chi connectivity index (χ3v) is 4.80. The number of benzene rings is 2. The number of nitrogens with one attached hydrogen (secondary N) is 3. The fraction of sp³-hybridized carbons (Fsp3) is 0.143. The number of methoxy groups -OCH3 is 2. The van der Waals surface area contributed by atoms with Gasteiger partial charge < -0.3 is 25.5 Å². The summed E-state index contributed by atoms with van der Waals surface area (Å²) >= 11 is 0. The first-order valence-electron chi connectivity index (χ1n) is 8.99. The number of ether oxygens (including phenoxy) is 2. The first-order valence-corrected chi connectivity index (χ1v) is 8.99. The van der Waals surface area contributed by atoms with E-state index in [1.165, 1.54) is 0 Å². The van der Waals surface area contributed by atoms with E-state index in [0.29, 0.717) is 22.7 Å². The summed E-state index contributed by atoms with van der Waals surface area (Å²) in [6.45, 7) is 0. The molecule has 2 heterocycles. The van der Waals surface area contributed by atoms with E-state index >= 15 is 0 Å². The number of aromatic amines is 2. The summed E-state index contributed by atoms with van der Waals surface area (Å²) in [5, 5.41) is 10.7. The highest BCUT2D eigenvalue weighted by molar-refractivity contribution is 6.06. The average molecular weight is 391 g/mol. The van der Waals surface area contributed by atoms with Gasteiger partial charge in [-0.1, -0.05) is 12.1 Å². The van der Waals surface area contributed by atoms with Crippen molar-refractivity contribution in [2.45, 2.75) is 6.04 Å². The topological polar surface area (TPSA) is 118 Å². The Kier molecular flexibility index (Phi) is 4.92. The molecule has 0 radical (unpaired) electrons. The number of anilines is 1. The van der Waals surface area contributed by atoms with Gasteiger partial charge in [0, 0.05) is 35.0 Å².